The standard InChI is InChI=1S/C14H18N2O2/c1-11-4-2-3-9-16(11)14(18)12-5-7-13(8-6-12)15-10-17/h5-8,10-11H,2-4,9H2,1H3,(H,15,17). The van der Waals surface area contributed by atoms with Crippen molar-refractivity contribution >= 4 is 18.0 Å². The van der Waals surface area contributed by atoms with Crippen LogP contribution in [0.4, 0.5) is 5.69 Å². The van der Waals surface area contributed by atoms with Gasteiger partial charge in [-0.15, -0.1) is 0 Å². The maximum Gasteiger partial charge on any atom is 0.254 e. The van der Waals surface area contributed by atoms with E-state index in [0.717, 1.165) is 19.4 Å². The molecule has 0 radical (unpaired) electrons. The molecule has 2 amide bonds. The van der Waals surface area contributed by atoms with E-state index in [2.05, 4.69) is 12.2 Å². The number of benzene rings is 1. The van der Waals surface area contributed by atoms with Gasteiger partial charge in [0.05, 0.1) is 0 Å². The molecule has 96 valence electrons. The maximum atomic E-state index is 12.3. The van der Waals surface area contributed by atoms with Crippen LogP contribution < -0.4 is 5.32 Å². The molecule has 4 heteroatoms. The van der Waals surface area contributed by atoms with Gasteiger partial charge in [0.1, 0.15) is 0 Å². The highest BCUT2D eigenvalue weighted by molar-refractivity contribution is 5.95. The first kappa shape index (κ1) is 12.6. The van der Waals surface area contributed by atoms with Gasteiger partial charge in [-0.3, -0.25) is 9.59 Å². The predicted octanol–water partition coefficient (Wildman–Crippen LogP) is 2.27. The summed E-state index contributed by atoms with van der Waals surface area (Å²) < 4.78 is 0. The Morgan fingerprint density at radius 1 is 1.33 bits per heavy atom. The van der Waals surface area contributed by atoms with Crippen LogP contribution in [0.5, 0.6) is 0 Å². The summed E-state index contributed by atoms with van der Waals surface area (Å²) in [4.78, 5) is 24.5. The van der Waals surface area contributed by atoms with Crippen molar-refractivity contribution in [3.8, 4) is 0 Å². The Morgan fingerprint density at radius 3 is 2.67 bits per heavy atom. The third kappa shape index (κ3) is 2.70. The van der Waals surface area contributed by atoms with Crippen LogP contribution in [0, 0.1) is 0 Å². The van der Waals surface area contributed by atoms with Crippen LogP contribution in [-0.4, -0.2) is 29.8 Å². The van der Waals surface area contributed by atoms with Gasteiger partial charge in [-0.1, -0.05) is 0 Å². The highest BCUT2D eigenvalue weighted by Gasteiger charge is 2.23. The van der Waals surface area contributed by atoms with E-state index in [9.17, 15) is 9.59 Å². The highest BCUT2D eigenvalue weighted by atomic mass is 16.2. The average Bonchev–Trinajstić information content (AvgIpc) is 2.40. The van der Waals surface area contributed by atoms with E-state index >= 15 is 0 Å². The van der Waals surface area contributed by atoms with Crippen molar-refractivity contribution in [2.24, 2.45) is 0 Å². The molecule has 1 aromatic rings. The third-order valence-electron chi connectivity index (χ3n) is 3.42. The summed E-state index contributed by atoms with van der Waals surface area (Å²) in [5.41, 5.74) is 1.38. The molecule has 1 aromatic carbocycles. The molecule has 4 nitrogen and oxygen atoms in total. The largest absolute Gasteiger partial charge is 0.336 e. The normalized spacial score (nSPS) is 19.4. The second kappa shape index (κ2) is 5.67. The lowest BCUT2D eigenvalue weighted by Gasteiger charge is -2.33. The first-order valence-corrected chi connectivity index (χ1v) is 6.33. The summed E-state index contributed by atoms with van der Waals surface area (Å²) in [5.74, 6) is 0.0832. The molecule has 1 saturated heterocycles. The molecule has 0 saturated carbocycles. The topological polar surface area (TPSA) is 49.4 Å². The fraction of sp³-hybridized carbons (Fsp3) is 0.429. The molecule has 18 heavy (non-hydrogen) atoms. The van der Waals surface area contributed by atoms with Crippen LogP contribution >= 0.6 is 0 Å². The summed E-state index contributed by atoms with van der Waals surface area (Å²) in [5, 5.41) is 2.56. The van der Waals surface area contributed by atoms with Crippen LogP contribution in [0.3, 0.4) is 0 Å². The van der Waals surface area contributed by atoms with Crippen LogP contribution in [0.25, 0.3) is 0 Å². The van der Waals surface area contributed by atoms with Crippen molar-refractivity contribution in [1.29, 1.82) is 0 Å². The predicted molar refractivity (Wildman–Crippen MR) is 70.5 cm³/mol. The van der Waals surface area contributed by atoms with E-state index in [0.29, 0.717) is 23.7 Å². The number of rotatable bonds is 3. The van der Waals surface area contributed by atoms with Crippen molar-refractivity contribution in [2.45, 2.75) is 32.2 Å². The molecular weight excluding hydrogens is 228 g/mol. The first-order chi connectivity index (χ1) is 8.72. The van der Waals surface area contributed by atoms with Crippen LogP contribution in [0.15, 0.2) is 24.3 Å². The van der Waals surface area contributed by atoms with Gasteiger partial charge in [-0.2, -0.15) is 0 Å². The molecular formula is C14H18N2O2. The Hall–Kier alpha value is -1.84. The lowest BCUT2D eigenvalue weighted by molar-refractivity contribution is -0.105. The second-order valence-electron chi connectivity index (χ2n) is 4.68. The van der Waals surface area contributed by atoms with Crippen molar-refractivity contribution in [3.05, 3.63) is 29.8 Å². The fourth-order valence-corrected chi connectivity index (χ4v) is 2.34. The molecule has 1 N–H and O–H groups in total. The number of amides is 2. The lowest BCUT2D eigenvalue weighted by atomic mass is 10.0. The maximum absolute atomic E-state index is 12.3. The average molecular weight is 246 g/mol. The minimum Gasteiger partial charge on any atom is -0.336 e. The third-order valence-corrected chi connectivity index (χ3v) is 3.42. The zero-order valence-corrected chi connectivity index (χ0v) is 10.6. The molecule has 2 rings (SSSR count). The van der Waals surface area contributed by atoms with Crippen molar-refractivity contribution in [2.75, 3.05) is 11.9 Å². The Morgan fingerprint density at radius 2 is 2.06 bits per heavy atom. The van der Waals surface area contributed by atoms with Gasteiger partial charge in [-0.25, -0.2) is 0 Å². The molecule has 1 unspecified atom stereocenters. The second-order valence-corrected chi connectivity index (χ2v) is 4.68. The molecule has 1 atom stereocenters. The Kier molecular flexibility index (Phi) is 3.97. The zero-order valence-electron chi connectivity index (χ0n) is 10.6. The number of piperidine rings is 1. The van der Waals surface area contributed by atoms with Crippen LogP contribution in [0.1, 0.15) is 36.5 Å². The Balaban J connectivity index is 2.10. The van der Waals surface area contributed by atoms with Gasteiger partial charge in [0.2, 0.25) is 6.41 Å². The number of nitrogens with one attached hydrogen (secondary N) is 1. The van der Waals surface area contributed by atoms with Gasteiger partial charge < -0.3 is 10.2 Å². The highest BCUT2D eigenvalue weighted by Crippen LogP contribution is 2.19. The number of nitrogens with zero attached hydrogens (tertiary/aromatic N) is 1. The van der Waals surface area contributed by atoms with E-state index in [1.54, 1.807) is 24.3 Å². The number of anilines is 1. The molecule has 1 aliphatic rings. The molecule has 1 heterocycles. The summed E-state index contributed by atoms with van der Waals surface area (Å²) in [6, 6.07) is 7.33. The SMILES string of the molecule is CC1CCCCN1C(=O)c1ccc(NC=O)cc1. The van der Waals surface area contributed by atoms with Crippen molar-refractivity contribution < 1.29 is 9.59 Å². The smallest absolute Gasteiger partial charge is 0.254 e. The van der Waals surface area contributed by atoms with E-state index in [1.807, 2.05) is 4.90 Å². The minimum absolute atomic E-state index is 0.0832. The minimum atomic E-state index is 0.0832. The molecule has 0 aromatic heterocycles. The summed E-state index contributed by atoms with van der Waals surface area (Å²) >= 11 is 0. The van der Waals surface area contributed by atoms with Gasteiger partial charge in [0, 0.05) is 23.8 Å². The number of carbonyl (C=O) groups excluding carboxylic acids is 2. The fourth-order valence-electron chi connectivity index (χ4n) is 2.34. The number of hydrogen-bond acceptors (Lipinski definition) is 2. The van der Waals surface area contributed by atoms with Crippen LogP contribution in [0.2, 0.25) is 0 Å². The molecule has 1 aliphatic heterocycles. The van der Waals surface area contributed by atoms with Gasteiger partial charge >= 0.3 is 0 Å². The van der Waals surface area contributed by atoms with E-state index in [4.69, 9.17) is 0 Å². The molecule has 0 spiro atoms. The number of likely N-dealkylation sites (tertiary alicyclic amines) is 1. The van der Waals surface area contributed by atoms with Gasteiger partial charge in [0.15, 0.2) is 0 Å². The number of carbonyl (C=O) groups is 2. The van der Waals surface area contributed by atoms with Gasteiger partial charge in [0.25, 0.3) is 5.91 Å². The molecule has 0 bridgehead atoms. The summed E-state index contributed by atoms with van der Waals surface area (Å²) in [6.45, 7) is 2.94. The first-order valence-electron chi connectivity index (χ1n) is 6.33. The van der Waals surface area contributed by atoms with E-state index < -0.39 is 0 Å². The lowest BCUT2D eigenvalue weighted by Crippen LogP contribution is -2.41. The summed E-state index contributed by atoms with van der Waals surface area (Å²) in [6.07, 6.45) is 3.99. The summed E-state index contributed by atoms with van der Waals surface area (Å²) in [7, 11) is 0. The Bertz CT molecular complexity index is 428. The quantitative estimate of drug-likeness (QED) is 0.832. The van der Waals surface area contributed by atoms with Crippen molar-refractivity contribution in [3.63, 3.8) is 0 Å². The zero-order chi connectivity index (χ0) is 13.0. The molecule has 0 aliphatic carbocycles. The molecule has 1 fully saturated rings. The van der Waals surface area contributed by atoms with Gasteiger partial charge in [-0.05, 0) is 50.5 Å². The van der Waals surface area contributed by atoms with Crippen LogP contribution in [-0.2, 0) is 4.79 Å². The Labute approximate surface area is 107 Å². The van der Waals surface area contributed by atoms with E-state index in [1.165, 1.54) is 6.42 Å². The number of hydrogen-bond donors (Lipinski definition) is 1. The monoisotopic (exact) mass is 246 g/mol. The van der Waals surface area contributed by atoms with E-state index in [-0.39, 0.29) is 5.91 Å². The van der Waals surface area contributed by atoms with Crippen molar-refractivity contribution in [1.82, 2.24) is 4.90 Å².